The fraction of sp³-hybridized carbons (Fsp3) is 0.0417. The first-order valence-corrected chi connectivity index (χ1v) is 11.3. The van der Waals surface area contributed by atoms with E-state index in [2.05, 4.69) is 10.5 Å². The molecule has 1 amide bonds. The van der Waals surface area contributed by atoms with E-state index in [1.165, 1.54) is 41.8 Å². The summed E-state index contributed by atoms with van der Waals surface area (Å²) in [7, 11) is 0. The minimum atomic E-state index is -0.568. The van der Waals surface area contributed by atoms with Crippen LogP contribution >= 0.6 is 22.9 Å². The molecule has 4 rings (SSSR count). The Morgan fingerprint density at radius 1 is 1.06 bits per heavy atom. The highest BCUT2D eigenvalue weighted by Gasteiger charge is 2.19. The highest BCUT2D eigenvalue weighted by atomic mass is 35.5. The molecule has 4 aromatic rings. The Balaban J connectivity index is 1.31. The third-order valence-electron chi connectivity index (χ3n) is 4.61. The number of carbonyl (C=O) groups excluding carboxylic acids is 2. The van der Waals surface area contributed by atoms with Gasteiger partial charge >= 0.3 is 5.97 Å². The van der Waals surface area contributed by atoms with Gasteiger partial charge in [0.15, 0.2) is 6.61 Å². The Hall–Kier alpha value is -4.28. The molecule has 9 nitrogen and oxygen atoms in total. The van der Waals surface area contributed by atoms with E-state index in [9.17, 15) is 19.7 Å². The van der Waals surface area contributed by atoms with Gasteiger partial charge in [-0.25, -0.2) is 10.2 Å². The number of nitrogens with one attached hydrogen (secondary N) is 1. The monoisotopic (exact) mass is 509 g/mol. The first kappa shape index (κ1) is 23.9. The fourth-order valence-corrected chi connectivity index (χ4v) is 4.37. The lowest BCUT2D eigenvalue weighted by atomic mass is 10.2. The molecule has 0 unspecified atom stereocenters. The summed E-state index contributed by atoms with van der Waals surface area (Å²) in [6.45, 7) is -0.331. The predicted molar refractivity (Wildman–Crippen MR) is 133 cm³/mol. The molecular formula is C24H16ClN3O6S. The predicted octanol–water partition coefficient (Wildman–Crippen LogP) is 5.21. The molecule has 0 spiro atoms. The van der Waals surface area contributed by atoms with E-state index in [0.29, 0.717) is 27.0 Å². The van der Waals surface area contributed by atoms with E-state index in [-0.39, 0.29) is 12.3 Å². The molecule has 1 heterocycles. The normalized spacial score (nSPS) is 10.9. The van der Waals surface area contributed by atoms with Crippen molar-refractivity contribution in [3.8, 4) is 11.5 Å². The Morgan fingerprint density at radius 3 is 2.57 bits per heavy atom. The number of hydrogen-bond donors (Lipinski definition) is 1. The standard InChI is InChI=1S/C24H16ClN3O6S/c25-22-19-6-1-2-7-20(19)35-23(22)24(30)34-18-5-3-4-15(12-18)13-26-27-21(29)14-33-17-10-8-16(9-11-17)28(31)32/h1-13H,14H2,(H,27,29)/b26-13+. The van der Waals surface area contributed by atoms with E-state index >= 15 is 0 Å². The number of benzene rings is 3. The Kier molecular flexibility index (Phi) is 7.34. The van der Waals surface area contributed by atoms with Crippen LogP contribution in [-0.2, 0) is 4.79 Å². The van der Waals surface area contributed by atoms with Gasteiger partial charge < -0.3 is 9.47 Å². The number of nitro groups is 1. The second kappa shape index (κ2) is 10.8. The number of halogens is 1. The number of nitrogens with zero attached hydrogens (tertiary/aromatic N) is 2. The molecule has 0 atom stereocenters. The molecule has 35 heavy (non-hydrogen) atoms. The average Bonchev–Trinajstić information content (AvgIpc) is 3.20. The number of hydrogen-bond acceptors (Lipinski definition) is 8. The highest BCUT2D eigenvalue weighted by molar-refractivity contribution is 7.21. The molecule has 0 aliphatic heterocycles. The van der Waals surface area contributed by atoms with Crippen LogP contribution in [0.3, 0.4) is 0 Å². The summed E-state index contributed by atoms with van der Waals surface area (Å²) in [6, 6.07) is 19.4. The third kappa shape index (κ3) is 5.99. The van der Waals surface area contributed by atoms with Crippen molar-refractivity contribution in [1.29, 1.82) is 0 Å². The van der Waals surface area contributed by atoms with Gasteiger partial charge in [-0.2, -0.15) is 5.10 Å². The van der Waals surface area contributed by atoms with Crippen LogP contribution in [0.2, 0.25) is 5.02 Å². The summed E-state index contributed by atoms with van der Waals surface area (Å²) in [5, 5.41) is 15.7. The summed E-state index contributed by atoms with van der Waals surface area (Å²) in [6.07, 6.45) is 1.38. The summed E-state index contributed by atoms with van der Waals surface area (Å²) in [5.74, 6) is -0.494. The van der Waals surface area contributed by atoms with E-state index in [4.69, 9.17) is 21.1 Å². The number of carbonyl (C=O) groups is 2. The number of fused-ring (bicyclic) bond motifs is 1. The maximum absolute atomic E-state index is 12.6. The lowest BCUT2D eigenvalue weighted by Crippen LogP contribution is -2.24. The van der Waals surface area contributed by atoms with Crippen molar-refractivity contribution >= 4 is 56.8 Å². The SMILES string of the molecule is O=C(COc1ccc([N+](=O)[O-])cc1)N/N=C/c1cccc(OC(=O)c2sc3ccccc3c2Cl)c1. The number of thiophene rings is 1. The minimum Gasteiger partial charge on any atom is -0.484 e. The van der Waals surface area contributed by atoms with Crippen LogP contribution in [0.4, 0.5) is 5.69 Å². The van der Waals surface area contributed by atoms with Gasteiger partial charge in [-0.05, 0) is 35.9 Å². The zero-order valence-electron chi connectivity index (χ0n) is 17.8. The van der Waals surface area contributed by atoms with E-state index < -0.39 is 16.8 Å². The number of hydrazone groups is 1. The van der Waals surface area contributed by atoms with Crippen molar-refractivity contribution in [2.75, 3.05) is 6.61 Å². The molecule has 1 N–H and O–H groups in total. The molecule has 11 heteroatoms. The van der Waals surface area contributed by atoms with Crippen molar-refractivity contribution in [1.82, 2.24) is 5.43 Å². The van der Waals surface area contributed by atoms with Crippen LogP contribution in [0.1, 0.15) is 15.2 Å². The number of non-ortho nitro benzene ring substituents is 1. The molecule has 0 radical (unpaired) electrons. The zero-order chi connectivity index (χ0) is 24.8. The van der Waals surface area contributed by atoms with Gasteiger partial charge in [-0.3, -0.25) is 14.9 Å². The van der Waals surface area contributed by atoms with Gasteiger partial charge in [0.05, 0.1) is 16.2 Å². The van der Waals surface area contributed by atoms with Crippen LogP contribution in [0, 0.1) is 10.1 Å². The second-order valence-corrected chi connectivity index (χ2v) is 8.47. The van der Waals surface area contributed by atoms with Gasteiger partial charge in [0.2, 0.25) is 0 Å². The maximum Gasteiger partial charge on any atom is 0.355 e. The van der Waals surface area contributed by atoms with Crippen molar-refractivity contribution in [2.24, 2.45) is 5.10 Å². The minimum absolute atomic E-state index is 0.0776. The van der Waals surface area contributed by atoms with Crippen LogP contribution in [0.5, 0.6) is 11.5 Å². The van der Waals surface area contributed by atoms with Gasteiger partial charge in [0.25, 0.3) is 11.6 Å². The Bertz CT molecular complexity index is 1430. The van der Waals surface area contributed by atoms with E-state index in [1.54, 1.807) is 24.3 Å². The van der Waals surface area contributed by atoms with Crippen LogP contribution in [0.25, 0.3) is 10.1 Å². The van der Waals surface area contributed by atoms with E-state index in [1.807, 2.05) is 24.3 Å². The molecule has 0 aliphatic rings. The molecule has 0 aliphatic carbocycles. The number of esters is 1. The number of nitro benzene ring substituents is 1. The molecule has 0 saturated carbocycles. The summed E-state index contributed by atoms with van der Waals surface area (Å²) in [4.78, 5) is 35.0. The van der Waals surface area contributed by atoms with Crippen LogP contribution < -0.4 is 14.9 Å². The first-order valence-electron chi connectivity index (χ1n) is 10.1. The molecule has 0 bridgehead atoms. The molecule has 176 valence electrons. The average molecular weight is 510 g/mol. The number of amides is 1. The van der Waals surface area contributed by atoms with Gasteiger partial charge in [-0.15, -0.1) is 11.3 Å². The number of ether oxygens (including phenoxy) is 2. The summed E-state index contributed by atoms with van der Waals surface area (Å²) in [5.41, 5.74) is 2.81. The fourth-order valence-electron chi connectivity index (χ4n) is 2.98. The zero-order valence-corrected chi connectivity index (χ0v) is 19.4. The number of rotatable bonds is 8. The maximum atomic E-state index is 12.6. The molecule has 1 aromatic heterocycles. The topological polar surface area (TPSA) is 120 Å². The Morgan fingerprint density at radius 2 is 1.83 bits per heavy atom. The van der Waals surface area contributed by atoms with Gasteiger partial charge in [0, 0.05) is 22.2 Å². The molecule has 0 fully saturated rings. The highest BCUT2D eigenvalue weighted by Crippen LogP contribution is 2.35. The van der Waals surface area contributed by atoms with Crippen LogP contribution in [0.15, 0.2) is 77.9 Å². The molecule has 0 saturated heterocycles. The molecule has 3 aromatic carbocycles. The smallest absolute Gasteiger partial charge is 0.355 e. The largest absolute Gasteiger partial charge is 0.484 e. The van der Waals surface area contributed by atoms with Crippen LogP contribution in [-0.4, -0.2) is 29.6 Å². The second-order valence-electron chi connectivity index (χ2n) is 7.04. The van der Waals surface area contributed by atoms with Crippen molar-refractivity contribution < 1.29 is 24.0 Å². The lowest BCUT2D eigenvalue weighted by Gasteiger charge is -2.05. The van der Waals surface area contributed by atoms with Gasteiger partial charge in [-0.1, -0.05) is 41.9 Å². The summed E-state index contributed by atoms with van der Waals surface area (Å²) >= 11 is 7.60. The Labute approximate surface area is 207 Å². The quantitative estimate of drug-likeness (QED) is 0.114. The van der Waals surface area contributed by atoms with Crippen molar-refractivity contribution in [3.05, 3.63) is 98.4 Å². The summed E-state index contributed by atoms with van der Waals surface area (Å²) < 4.78 is 11.6. The van der Waals surface area contributed by atoms with Crippen molar-refractivity contribution in [3.63, 3.8) is 0 Å². The van der Waals surface area contributed by atoms with Gasteiger partial charge in [0.1, 0.15) is 16.4 Å². The third-order valence-corrected chi connectivity index (χ3v) is 6.26. The first-order chi connectivity index (χ1) is 16.9. The van der Waals surface area contributed by atoms with E-state index in [0.717, 1.165) is 10.1 Å². The van der Waals surface area contributed by atoms with Crippen molar-refractivity contribution in [2.45, 2.75) is 0 Å². The lowest BCUT2D eigenvalue weighted by molar-refractivity contribution is -0.384. The molecular weight excluding hydrogens is 494 g/mol.